The Hall–Kier alpha value is -3.62. The summed E-state index contributed by atoms with van der Waals surface area (Å²) in [6.07, 6.45) is 0. The average Bonchev–Trinajstić information content (AvgIpc) is 2.80. The normalized spacial score (nSPS) is 15.8. The molecule has 32 heavy (non-hydrogen) atoms. The lowest BCUT2D eigenvalue weighted by molar-refractivity contribution is -0.130. The van der Waals surface area contributed by atoms with Gasteiger partial charge in [0.25, 0.3) is 11.8 Å². The van der Waals surface area contributed by atoms with Crippen molar-refractivity contribution < 1.29 is 23.5 Å². The summed E-state index contributed by atoms with van der Waals surface area (Å²) >= 11 is 0. The van der Waals surface area contributed by atoms with Gasteiger partial charge in [-0.05, 0) is 30.3 Å². The van der Waals surface area contributed by atoms with Gasteiger partial charge < -0.3 is 19.4 Å². The van der Waals surface area contributed by atoms with E-state index >= 15 is 0 Å². The summed E-state index contributed by atoms with van der Waals surface area (Å²) in [6.45, 7) is 1.65. The van der Waals surface area contributed by atoms with Gasteiger partial charge in [-0.1, -0.05) is 12.1 Å². The van der Waals surface area contributed by atoms with Gasteiger partial charge in [-0.2, -0.15) is 0 Å². The zero-order chi connectivity index (χ0) is 22.8. The highest BCUT2D eigenvalue weighted by molar-refractivity contribution is 6.04. The minimum atomic E-state index is -0.337. The molecule has 168 valence electrons. The van der Waals surface area contributed by atoms with E-state index in [1.807, 2.05) is 4.90 Å². The molecule has 4 rings (SSSR count). The Morgan fingerprint density at radius 3 is 2.44 bits per heavy atom. The fourth-order valence-corrected chi connectivity index (χ4v) is 3.83. The van der Waals surface area contributed by atoms with E-state index in [1.165, 1.54) is 15.9 Å². The number of piperazine rings is 1. The molecule has 2 aliphatic heterocycles. The first-order chi connectivity index (χ1) is 15.3. The number of hydrogen-bond donors (Lipinski definition) is 0. The molecule has 1 fully saturated rings. The third-order valence-electron chi connectivity index (χ3n) is 5.70. The van der Waals surface area contributed by atoms with Gasteiger partial charge in [-0.3, -0.25) is 19.3 Å². The van der Waals surface area contributed by atoms with Crippen LogP contribution in [0.15, 0.2) is 42.5 Å². The number of carbonyl (C=O) groups is 3. The third kappa shape index (κ3) is 4.23. The Morgan fingerprint density at radius 2 is 1.75 bits per heavy atom. The van der Waals surface area contributed by atoms with Gasteiger partial charge in [-0.15, -0.1) is 0 Å². The van der Waals surface area contributed by atoms with Crippen LogP contribution < -0.4 is 14.5 Å². The molecule has 0 atom stereocenters. The van der Waals surface area contributed by atoms with Crippen LogP contribution >= 0.6 is 0 Å². The monoisotopic (exact) mass is 440 g/mol. The van der Waals surface area contributed by atoms with Crippen LogP contribution in [0.1, 0.15) is 10.4 Å². The first kappa shape index (κ1) is 21.6. The maximum absolute atomic E-state index is 14.1. The molecular weight excluding hydrogens is 415 g/mol. The minimum Gasteiger partial charge on any atom is -0.482 e. The summed E-state index contributed by atoms with van der Waals surface area (Å²) in [5.41, 5.74) is 1.35. The van der Waals surface area contributed by atoms with Crippen LogP contribution in [0, 0.1) is 5.82 Å². The molecule has 2 aliphatic rings. The lowest BCUT2D eigenvalue weighted by Crippen LogP contribution is -2.49. The summed E-state index contributed by atoms with van der Waals surface area (Å²) in [4.78, 5) is 44.1. The molecule has 3 amide bonds. The molecule has 0 bridgehead atoms. The Labute approximate surface area is 185 Å². The number of para-hydroxylation sites is 1. The van der Waals surface area contributed by atoms with Crippen molar-refractivity contribution in [3.63, 3.8) is 0 Å². The minimum absolute atomic E-state index is 0.124. The van der Waals surface area contributed by atoms with Crippen molar-refractivity contribution in [2.45, 2.75) is 0 Å². The van der Waals surface area contributed by atoms with E-state index in [4.69, 9.17) is 4.74 Å². The van der Waals surface area contributed by atoms with Crippen LogP contribution in [0.2, 0.25) is 0 Å². The van der Waals surface area contributed by atoms with Crippen molar-refractivity contribution in [1.29, 1.82) is 0 Å². The summed E-state index contributed by atoms with van der Waals surface area (Å²) in [5.74, 6) is -0.572. The van der Waals surface area contributed by atoms with Crippen LogP contribution in [-0.2, 0) is 9.59 Å². The SMILES string of the molecule is CN(C)C(=O)CN1C(=O)COc2ccc(C(=O)N3CCN(c4ccccc4F)CC3)cc21. The van der Waals surface area contributed by atoms with E-state index in [2.05, 4.69) is 0 Å². The molecule has 2 aromatic carbocycles. The maximum Gasteiger partial charge on any atom is 0.265 e. The van der Waals surface area contributed by atoms with Crippen molar-refractivity contribution in [3.8, 4) is 5.75 Å². The molecule has 2 aromatic rings. The summed E-state index contributed by atoms with van der Waals surface area (Å²) < 4.78 is 19.5. The second-order valence-electron chi connectivity index (χ2n) is 7.97. The van der Waals surface area contributed by atoms with Crippen LogP contribution in [0.25, 0.3) is 0 Å². The van der Waals surface area contributed by atoms with Crippen LogP contribution in [0.3, 0.4) is 0 Å². The van der Waals surface area contributed by atoms with Crippen molar-refractivity contribution >= 4 is 29.1 Å². The van der Waals surface area contributed by atoms with Crippen molar-refractivity contribution in [2.24, 2.45) is 0 Å². The van der Waals surface area contributed by atoms with Gasteiger partial charge >= 0.3 is 0 Å². The number of hydrogen-bond acceptors (Lipinski definition) is 5. The summed E-state index contributed by atoms with van der Waals surface area (Å²) in [7, 11) is 3.24. The summed E-state index contributed by atoms with van der Waals surface area (Å²) in [6, 6.07) is 11.5. The first-order valence-electron chi connectivity index (χ1n) is 10.4. The number of benzene rings is 2. The number of anilines is 2. The van der Waals surface area contributed by atoms with Crippen LogP contribution in [0.5, 0.6) is 5.75 Å². The van der Waals surface area contributed by atoms with E-state index < -0.39 is 0 Å². The summed E-state index contributed by atoms with van der Waals surface area (Å²) in [5, 5.41) is 0. The first-order valence-corrected chi connectivity index (χ1v) is 10.4. The van der Waals surface area contributed by atoms with Gasteiger partial charge in [0.2, 0.25) is 5.91 Å². The maximum atomic E-state index is 14.1. The molecule has 0 aromatic heterocycles. The molecule has 0 aliphatic carbocycles. The molecule has 1 saturated heterocycles. The topological polar surface area (TPSA) is 73.4 Å². The molecule has 0 unspecified atom stereocenters. The zero-order valence-electron chi connectivity index (χ0n) is 18.1. The quantitative estimate of drug-likeness (QED) is 0.722. The molecule has 0 radical (unpaired) electrons. The van der Waals surface area contributed by atoms with E-state index in [9.17, 15) is 18.8 Å². The lowest BCUT2D eigenvalue weighted by Gasteiger charge is -2.36. The number of nitrogens with zero attached hydrogens (tertiary/aromatic N) is 4. The Kier molecular flexibility index (Phi) is 5.98. The lowest BCUT2D eigenvalue weighted by atomic mass is 10.1. The van der Waals surface area contributed by atoms with Crippen LogP contribution in [0.4, 0.5) is 15.8 Å². The Bertz CT molecular complexity index is 1050. The number of fused-ring (bicyclic) bond motifs is 1. The van der Waals surface area contributed by atoms with E-state index in [1.54, 1.807) is 55.4 Å². The molecule has 0 spiro atoms. The second-order valence-corrected chi connectivity index (χ2v) is 7.97. The highest BCUT2D eigenvalue weighted by Gasteiger charge is 2.30. The largest absolute Gasteiger partial charge is 0.482 e. The van der Waals surface area contributed by atoms with Gasteiger partial charge in [0.1, 0.15) is 18.1 Å². The molecule has 0 saturated carbocycles. The highest BCUT2D eigenvalue weighted by Crippen LogP contribution is 2.33. The average molecular weight is 440 g/mol. The van der Waals surface area contributed by atoms with E-state index in [0.29, 0.717) is 48.9 Å². The number of likely N-dealkylation sites (N-methyl/N-ethyl adjacent to an activating group) is 1. The van der Waals surface area contributed by atoms with Crippen LogP contribution in [-0.4, -0.2) is 80.9 Å². The fraction of sp³-hybridized carbons (Fsp3) is 0.348. The predicted molar refractivity (Wildman–Crippen MR) is 118 cm³/mol. The fourth-order valence-electron chi connectivity index (χ4n) is 3.83. The predicted octanol–water partition coefficient (Wildman–Crippen LogP) is 1.60. The molecular formula is C23H25FN4O4. The van der Waals surface area contributed by atoms with Gasteiger partial charge in [-0.25, -0.2) is 4.39 Å². The number of ether oxygens (including phenoxy) is 1. The highest BCUT2D eigenvalue weighted by atomic mass is 19.1. The zero-order valence-corrected chi connectivity index (χ0v) is 18.1. The van der Waals surface area contributed by atoms with E-state index in [0.717, 1.165) is 0 Å². The Balaban J connectivity index is 1.49. The number of rotatable bonds is 4. The Morgan fingerprint density at radius 1 is 1.03 bits per heavy atom. The molecule has 0 N–H and O–H groups in total. The van der Waals surface area contributed by atoms with Gasteiger partial charge in [0, 0.05) is 45.8 Å². The van der Waals surface area contributed by atoms with Gasteiger partial charge in [0.05, 0.1) is 11.4 Å². The number of halogens is 1. The van der Waals surface area contributed by atoms with Gasteiger partial charge in [0.15, 0.2) is 6.61 Å². The second kappa shape index (κ2) is 8.86. The van der Waals surface area contributed by atoms with Crippen molar-refractivity contribution in [3.05, 3.63) is 53.8 Å². The molecule has 8 nitrogen and oxygen atoms in total. The smallest absolute Gasteiger partial charge is 0.265 e. The van der Waals surface area contributed by atoms with Crippen molar-refractivity contribution in [1.82, 2.24) is 9.80 Å². The van der Waals surface area contributed by atoms with E-state index in [-0.39, 0.29) is 36.7 Å². The molecule has 9 heteroatoms. The number of amides is 3. The van der Waals surface area contributed by atoms with Crippen molar-refractivity contribution in [2.75, 3.05) is 63.2 Å². The standard InChI is InChI=1S/C23H25FN4O4/c1-25(2)21(29)14-28-19-13-16(7-8-20(19)32-15-22(28)30)23(31)27-11-9-26(10-12-27)18-6-4-3-5-17(18)24/h3-8,13H,9-12,14-15H2,1-2H3. The number of carbonyl (C=O) groups excluding carboxylic acids is 3. The molecule has 2 heterocycles. The third-order valence-corrected chi connectivity index (χ3v) is 5.70.